The molecule has 0 unspecified atom stereocenters. The Kier molecular flexibility index (Phi) is 4.37. The van der Waals surface area contributed by atoms with Gasteiger partial charge >= 0.3 is 6.03 Å². The number of carbonyl (C=O) groups is 2. The molecule has 2 aromatic carbocycles. The van der Waals surface area contributed by atoms with E-state index in [1.807, 2.05) is 30.3 Å². The molecule has 23 heavy (non-hydrogen) atoms. The molecule has 1 heterocycles. The lowest BCUT2D eigenvalue weighted by atomic mass is 10.2. The van der Waals surface area contributed by atoms with Gasteiger partial charge in [-0.15, -0.1) is 0 Å². The number of amides is 3. The zero-order valence-corrected chi connectivity index (χ0v) is 13.4. The molecule has 116 valence electrons. The second-order valence-electron chi connectivity index (χ2n) is 5.01. The molecule has 0 spiro atoms. The van der Waals surface area contributed by atoms with Gasteiger partial charge in [0.15, 0.2) is 0 Å². The molecule has 6 heteroatoms. The Balaban J connectivity index is 1.86. The van der Waals surface area contributed by atoms with E-state index in [0.29, 0.717) is 15.6 Å². The summed E-state index contributed by atoms with van der Waals surface area (Å²) < 4.78 is 0. The lowest BCUT2D eigenvalue weighted by molar-refractivity contribution is -0.123. The molecule has 0 radical (unpaired) electrons. The number of urea groups is 1. The minimum Gasteiger partial charge on any atom is -0.303 e. The van der Waals surface area contributed by atoms with Crippen LogP contribution < -0.4 is 5.32 Å². The van der Waals surface area contributed by atoms with Gasteiger partial charge in [-0.3, -0.25) is 9.69 Å². The minimum atomic E-state index is -0.455. The van der Waals surface area contributed by atoms with Crippen molar-refractivity contribution in [2.24, 2.45) is 0 Å². The van der Waals surface area contributed by atoms with Gasteiger partial charge in [0.05, 0.1) is 16.6 Å². The summed E-state index contributed by atoms with van der Waals surface area (Å²) in [5.41, 5.74) is 1.62. The third-order valence-electron chi connectivity index (χ3n) is 3.43. The van der Waals surface area contributed by atoms with E-state index in [1.165, 1.54) is 6.08 Å². The van der Waals surface area contributed by atoms with Gasteiger partial charge in [0.25, 0.3) is 5.91 Å². The molecule has 3 rings (SSSR count). The highest BCUT2D eigenvalue weighted by Gasteiger charge is 2.33. The van der Waals surface area contributed by atoms with Crippen LogP contribution in [-0.4, -0.2) is 16.8 Å². The first kappa shape index (κ1) is 15.6. The van der Waals surface area contributed by atoms with Crippen LogP contribution >= 0.6 is 23.2 Å². The Bertz CT molecular complexity index is 803. The zero-order chi connectivity index (χ0) is 16.4. The van der Waals surface area contributed by atoms with Gasteiger partial charge in [-0.05, 0) is 23.3 Å². The third kappa shape index (κ3) is 3.23. The molecule has 1 aliphatic rings. The summed E-state index contributed by atoms with van der Waals surface area (Å²) in [6.07, 6.45) is 1.53. The van der Waals surface area contributed by atoms with Gasteiger partial charge in [-0.25, -0.2) is 4.79 Å². The first-order chi connectivity index (χ1) is 11.1. The largest absolute Gasteiger partial charge is 0.329 e. The average molecular weight is 347 g/mol. The summed E-state index contributed by atoms with van der Waals surface area (Å²) in [6, 6.07) is 14.0. The first-order valence-electron chi connectivity index (χ1n) is 6.89. The van der Waals surface area contributed by atoms with Gasteiger partial charge in [0, 0.05) is 0 Å². The zero-order valence-electron chi connectivity index (χ0n) is 11.9. The molecule has 1 N–H and O–H groups in total. The first-order valence-corrected chi connectivity index (χ1v) is 7.64. The maximum atomic E-state index is 12.4. The van der Waals surface area contributed by atoms with Crippen molar-refractivity contribution in [3.63, 3.8) is 0 Å². The highest BCUT2D eigenvalue weighted by Crippen LogP contribution is 2.28. The second-order valence-corrected chi connectivity index (χ2v) is 5.79. The maximum Gasteiger partial charge on any atom is 0.329 e. The Morgan fingerprint density at radius 1 is 1.00 bits per heavy atom. The van der Waals surface area contributed by atoms with Crippen LogP contribution in [0.5, 0.6) is 0 Å². The molecule has 0 aliphatic carbocycles. The average Bonchev–Trinajstić information content (AvgIpc) is 2.80. The number of carbonyl (C=O) groups excluding carboxylic acids is 2. The predicted molar refractivity (Wildman–Crippen MR) is 90.0 cm³/mol. The van der Waals surface area contributed by atoms with E-state index in [1.54, 1.807) is 18.2 Å². The predicted octanol–water partition coefficient (Wildman–Crippen LogP) is 4.09. The van der Waals surface area contributed by atoms with Crippen LogP contribution in [0.4, 0.5) is 4.79 Å². The number of nitrogens with one attached hydrogen (secondary N) is 1. The number of benzene rings is 2. The molecule has 0 saturated carbocycles. The fraction of sp³-hybridized carbons (Fsp3) is 0.0588. The van der Waals surface area contributed by atoms with Gasteiger partial charge in [-0.2, -0.15) is 0 Å². The molecule has 0 bridgehead atoms. The summed E-state index contributed by atoms with van der Waals surface area (Å²) in [5.74, 6) is -0.394. The van der Waals surface area contributed by atoms with E-state index in [9.17, 15) is 9.59 Å². The minimum absolute atomic E-state index is 0.176. The van der Waals surface area contributed by atoms with Gasteiger partial charge in [0.1, 0.15) is 5.70 Å². The topological polar surface area (TPSA) is 49.4 Å². The van der Waals surface area contributed by atoms with Crippen LogP contribution in [-0.2, 0) is 11.3 Å². The SMILES string of the molecule is O=C1N/C(=C/c2cccc(Cl)c2Cl)C(=O)N1Cc1ccccc1. The number of halogens is 2. The molecule has 1 aliphatic heterocycles. The van der Waals surface area contributed by atoms with Crippen molar-refractivity contribution in [2.75, 3.05) is 0 Å². The van der Waals surface area contributed by atoms with Crippen LogP contribution in [0.15, 0.2) is 54.2 Å². The summed E-state index contributed by atoms with van der Waals surface area (Å²) >= 11 is 12.1. The molecular formula is C17H12Cl2N2O2. The summed E-state index contributed by atoms with van der Waals surface area (Å²) in [5, 5.41) is 3.29. The summed E-state index contributed by atoms with van der Waals surface area (Å²) in [4.78, 5) is 25.6. The van der Waals surface area contributed by atoms with E-state index in [-0.39, 0.29) is 12.2 Å². The van der Waals surface area contributed by atoms with Crippen LogP contribution in [0, 0.1) is 0 Å². The smallest absolute Gasteiger partial charge is 0.303 e. The number of imide groups is 1. The molecule has 2 aromatic rings. The molecule has 0 aromatic heterocycles. The van der Waals surface area contributed by atoms with E-state index in [0.717, 1.165) is 10.5 Å². The summed E-state index contributed by atoms with van der Waals surface area (Å²) in [6.45, 7) is 0.214. The number of nitrogens with zero attached hydrogens (tertiary/aromatic N) is 1. The molecule has 1 saturated heterocycles. The maximum absolute atomic E-state index is 12.4. The Morgan fingerprint density at radius 2 is 1.74 bits per heavy atom. The number of hydrogen-bond acceptors (Lipinski definition) is 2. The molecule has 1 fully saturated rings. The Labute approximate surface area is 143 Å². The van der Waals surface area contributed by atoms with E-state index in [2.05, 4.69) is 5.32 Å². The molecule has 4 nitrogen and oxygen atoms in total. The van der Waals surface area contributed by atoms with Crippen LogP contribution in [0.3, 0.4) is 0 Å². The third-order valence-corrected chi connectivity index (χ3v) is 4.26. The van der Waals surface area contributed by atoms with E-state index in [4.69, 9.17) is 23.2 Å². The van der Waals surface area contributed by atoms with Crippen molar-refractivity contribution in [3.8, 4) is 0 Å². The standard InChI is InChI=1S/C17H12Cl2N2O2/c18-13-8-4-7-12(15(13)19)9-14-16(22)21(17(23)20-14)10-11-5-2-1-3-6-11/h1-9H,10H2,(H,20,23)/b14-9+. The lowest BCUT2D eigenvalue weighted by Crippen LogP contribution is -2.30. The van der Waals surface area contributed by atoms with Crippen LogP contribution in [0.25, 0.3) is 6.08 Å². The Hall–Kier alpha value is -2.30. The van der Waals surface area contributed by atoms with Crippen LogP contribution in [0.1, 0.15) is 11.1 Å². The molecular weight excluding hydrogens is 335 g/mol. The van der Waals surface area contributed by atoms with Crippen molar-refractivity contribution >= 4 is 41.2 Å². The molecule has 3 amide bonds. The van der Waals surface area contributed by atoms with E-state index >= 15 is 0 Å². The van der Waals surface area contributed by atoms with Crippen molar-refractivity contribution < 1.29 is 9.59 Å². The van der Waals surface area contributed by atoms with Crippen molar-refractivity contribution in [1.29, 1.82) is 0 Å². The van der Waals surface area contributed by atoms with E-state index < -0.39 is 11.9 Å². The highest BCUT2D eigenvalue weighted by molar-refractivity contribution is 6.43. The van der Waals surface area contributed by atoms with Gasteiger partial charge in [-0.1, -0.05) is 65.7 Å². The molecule has 0 atom stereocenters. The highest BCUT2D eigenvalue weighted by atomic mass is 35.5. The number of hydrogen-bond donors (Lipinski definition) is 1. The van der Waals surface area contributed by atoms with Crippen molar-refractivity contribution in [3.05, 3.63) is 75.4 Å². The fourth-order valence-electron chi connectivity index (χ4n) is 2.27. The summed E-state index contributed by atoms with van der Waals surface area (Å²) in [7, 11) is 0. The Morgan fingerprint density at radius 3 is 2.48 bits per heavy atom. The quantitative estimate of drug-likeness (QED) is 0.672. The normalized spacial score (nSPS) is 16.1. The van der Waals surface area contributed by atoms with Crippen LogP contribution in [0.2, 0.25) is 10.0 Å². The fourth-order valence-corrected chi connectivity index (χ4v) is 2.63. The van der Waals surface area contributed by atoms with Crippen molar-refractivity contribution in [2.45, 2.75) is 6.54 Å². The lowest BCUT2D eigenvalue weighted by Gasteiger charge is -2.11. The number of rotatable bonds is 3. The van der Waals surface area contributed by atoms with Gasteiger partial charge < -0.3 is 5.32 Å². The second kappa shape index (κ2) is 6.44. The monoisotopic (exact) mass is 346 g/mol. The van der Waals surface area contributed by atoms with Crippen molar-refractivity contribution in [1.82, 2.24) is 10.2 Å². The van der Waals surface area contributed by atoms with Gasteiger partial charge in [0.2, 0.25) is 0 Å².